The Morgan fingerprint density at radius 1 is 0.944 bits per heavy atom. The van der Waals surface area contributed by atoms with Gasteiger partial charge in [0.1, 0.15) is 5.82 Å². The fraction of sp³-hybridized carbons (Fsp3) is 0.250. The summed E-state index contributed by atoms with van der Waals surface area (Å²) in [6.07, 6.45) is 5.60. The number of hydrogen-bond acceptors (Lipinski definition) is 3. The van der Waals surface area contributed by atoms with Crippen molar-refractivity contribution >= 4 is 46.1 Å². The Morgan fingerprint density at radius 3 is 2.50 bits per heavy atom. The number of nitrogens with zero attached hydrogens (tertiary/aromatic N) is 2. The molecule has 1 aliphatic carbocycles. The Kier molecular flexibility index (Phi) is 6.99. The van der Waals surface area contributed by atoms with Crippen LogP contribution >= 0.6 is 23.2 Å². The van der Waals surface area contributed by atoms with Gasteiger partial charge in [0, 0.05) is 23.7 Å². The average Bonchev–Trinajstić information content (AvgIpc) is 3.28. The third-order valence-corrected chi connectivity index (χ3v) is 7.44. The van der Waals surface area contributed by atoms with Crippen molar-refractivity contribution in [3.63, 3.8) is 0 Å². The molecule has 0 saturated heterocycles. The number of hydrogen-bond donors (Lipinski definition) is 2. The van der Waals surface area contributed by atoms with E-state index in [9.17, 15) is 14.7 Å². The van der Waals surface area contributed by atoms with Crippen LogP contribution < -0.4 is 5.32 Å². The first-order chi connectivity index (χ1) is 17.4. The SMILES string of the molecule is O=C(O)c1ccc2c(c1)nc(-c1cccc(C(=O)NCc3ccc(Cl)c(Cl)c3)c1)n2C1CCCCC1. The zero-order chi connectivity index (χ0) is 25.2. The lowest BCUT2D eigenvalue weighted by molar-refractivity contribution is 0.0696. The van der Waals surface area contributed by atoms with Gasteiger partial charge in [-0.1, -0.05) is 60.7 Å². The number of carboxylic acid groups (broad SMARTS) is 1. The summed E-state index contributed by atoms with van der Waals surface area (Å²) in [7, 11) is 0. The van der Waals surface area contributed by atoms with Gasteiger partial charge < -0.3 is 15.0 Å². The number of carbonyl (C=O) groups excluding carboxylic acids is 1. The maximum absolute atomic E-state index is 13.0. The van der Waals surface area contributed by atoms with Crippen molar-refractivity contribution in [2.45, 2.75) is 44.7 Å². The maximum Gasteiger partial charge on any atom is 0.335 e. The number of amides is 1. The van der Waals surface area contributed by atoms with E-state index in [1.54, 1.807) is 30.3 Å². The molecule has 1 fully saturated rings. The second-order valence-corrected chi connectivity index (χ2v) is 9.93. The van der Waals surface area contributed by atoms with E-state index in [0.717, 1.165) is 48.2 Å². The molecule has 1 aliphatic rings. The molecule has 1 saturated carbocycles. The molecular formula is C28H25Cl2N3O3. The summed E-state index contributed by atoms with van der Waals surface area (Å²) in [5.74, 6) is -0.443. The summed E-state index contributed by atoms with van der Waals surface area (Å²) in [6.45, 7) is 0.318. The van der Waals surface area contributed by atoms with Crippen LogP contribution in [-0.4, -0.2) is 26.5 Å². The van der Waals surface area contributed by atoms with Gasteiger partial charge in [-0.3, -0.25) is 4.79 Å². The van der Waals surface area contributed by atoms with Crippen LogP contribution in [0.3, 0.4) is 0 Å². The zero-order valence-corrected chi connectivity index (χ0v) is 21.0. The maximum atomic E-state index is 13.0. The van der Waals surface area contributed by atoms with E-state index in [1.165, 1.54) is 6.42 Å². The predicted molar refractivity (Wildman–Crippen MR) is 142 cm³/mol. The fourth-order valence-electron chi connectivity index (χ4n) is 4.88. The van der Waals surface area contributed by atoms with E-state index in [-0.39, 0.29) is 17.5 Å². The summed E-state index contributed by atoms with van der Waals surface area (Å²) in [5, 5.41) is 13.3. The molecule has 1 aromatic heterocycles. The van der Waals surface area contributed by atoms with Crippen LogP contribution in [0.2, 0.25) is 10.0 Å². The van der Waals surface area contributed by atoms with Crippen LogP contribution in [0.15, 0.2) is 60.7 Å². The molecule has 5 rings (SSSR count). The van der Waals surface area contributed by atoms with E-state index in [4.69, 9.17) is 28.2 Å². The Labute approximate surface area is 218 Å². The molecule has 1 amide bonds. The fourth-order valence-corrected chi connectivity index (χ4v) is 5.20. The minimum atomic E-state index is -0.980. The van der Waals surface area contributed by atoms with Gasteiger partial charge in [0.2, 0.25) is 0 Å². The molecule has 184 valence electrons. The lowest BCUT2D eigenvalue weighted by Crippen LogP contribution is -2.22. The third-order valence-electron chi connectivity index (χ3n) is 6.70. The number of aromatic carboxylic acids is 1. The smallest absolute Gasteiger partial charge is 0.335 e. The molecule has 4 aromatic rings. The van der Waals surface area contributed by atoms with Crippen molar-refractivity contribution < 1.29 is 14.7 Å². The summed E-state index contributed by atoms with van der Waals surface area (Å²) >= 11 is 12.1. The van der Waals surface area contributed by atoms with Gasteiger partial charge in [-0.15, -0.1) is 0 Å². The first kappa shape index (κ1) is 24.3. The van der Waals surface area contributed by atoms with Gasteiger partial charge in [0.15, 0.2) is 0 Å². The van der Waals surface area contributed by atoms with Gasteiger partial charge in [0.25, 0.3) is 5.91 Å². The minimum Gasteiger partial charge on any atom is -0.478 e. The zero-order valence-electron chi connectivity index (χ0n) is 19.5. The Morgan fingerprint density at radius 2 is 1.75 bits per heavy atom. The largest absolute Gasteiger partial charge is 0.478 e. The second-order valence-electron chi connectivity index (χ2n) is 9.12. The van der Waals surface area contributed by atoms with Gasteiger partial charge in [-0.2, -0.15) is 0 Å². The highest BCUT2D eigenvalue weighted by atomic mass is 35.5. The molecule has 0 unspecified atom stereocenters. The Bertz CT molecular complexity index is 1460. The van der Waals surface area contributed by atoms with E-state index in [0.29, 0.717) is 27.7 Å². The topological polar surface area (TPSA) is 84.2 Å². The van der Waals surface area contributed by atoms with Crippen molar-refractivity contribution in [3.05, 3.63) is 87.4 Å². The van der Waals surface area contributed by atoms with Crippen LogP contribution in [0.4, 0.5) is 0 Å². The number of carboxylic acids is 1. The molecule has 0 aliphatic heterocycles. The van der Waals surface area contributed by atoms with E-state index in [1.807, 2.05) is 30.3 Å². The molecule has 0 radical (unpaired) electrons. The first-order valence-corrected chi connectivity index (χ1v) is 12.7. The van der Waals surface area contributed by atoms with Gasteiger partial charge >= 0.3 is 5.97 Å². The lowest BCUT2D eigenvalue weighted by atomic mass is 9.94. The molecule has 0 bridgehead atoms. The van der Waals surface area contributed by atoms with Crippen molar-refractivity contribution in [2.24, 2.45) is 0 Å². The monoisotopic (exact) mass is 521 g/mol. The molecular weight excluding hydrogens is 497 g/mol. The van der Waals surface area contributed by atoms with Crippen molar-refractivity contribution in [2.75, 3.05) is 0 Å². The molecule has 1 heterocycles. The number of benzene rings is 3. The van der Waals surface area contributed by atoms with E-state index >= 15 is 0 Å². The Balaban J connectivity index is 1.48. The Hall–Kier alpha value is -3.35. The molecule has 0 atom stereocenters. The highest BCUT2D eigenvalue weighted by Crippen LogP contribution is 2.36. The molecule has 8 heteroatoms. The first-order valence-electron chi connectivity index (χ1n) is 12.0. The van der Waals surface area contributed by atoms with E-state index in [2.05, 4.69) is 9.88 Å². The quantitative estimate of drug-likeness (QED) is 0.282. The van der Waals surface area contributed by atoms with Crippen LogP contribution in [0.5, 0.6) is 0 Å². The number of halogens is 2. The van der Waals surface area contributed by atoms with Gasteiger partial charge in [-0.25, -0.2) is 9.78 Å². The molecule has 36 heavy (non-hydrogen) atoms. The van der Waals surface area contributed by atoms with Crippen molar-refractivity contribution in [3.8, 4) is 11.4 Å². The molecule has 6 nitrogen and oxygen atoms in total. The molecule has 2 N–H and O–H groups in total. The van der Waals surface area contributed by atoms with Crippen molar-refractivity contribution in [1.29, 1.82) is 0 Å². The summed E-state index contributed by atoms with van der Waals surface area (Å²) < 4.78 is 2.23. The summed E-state index contributed by atoms with van der Waals surface area (Å²) in [4.78, 5) is 29.4. The average molecular weight is 522 g/mol. The minimum absolute atomic E-state index is 0.206. The van der Waals surface area contributed by atoms with Gasteiger partial charge in [0.05, 0.1) is 26.6 Å². The number of aromatic nitrogens is 2. The van der Waals surface area contributed by atoms with E-state index < -0.39 is 5.97 Å². The highest BCUT2D eigenvalue weighted by molar-refractivity contribution is 6.42. The van der Waals surface area contributed by atoms with Crippen LogP contribution in [-0.2, 0) is 6.54 Å². The standard InChI is InChI=1S/C28H25Cl2N3O3/c29-22-11-9-17(13-23(22)30)16-31-27(34)19-6-4-5-18(14-19)26-32-24-15-20(28(35)36)10-12-25(24)33(26)21-7-2-1-3-8-21/h4-6,9-15,21H,1-3,7-8,16H2,(H,31,34)(H,35,36). The second kappa shape index (κ2) is 10.3. The summed E-state index contributed by atoms with van der Waals surface area (Å²) in [5.41, 5.74) is 3.94. The molecule has 0 spiro atoms. The van der Waals surface area contributed by atoms with Crippen LogP contribution in [0.25, 0.3) is 22.4 Å². The van der Waals surface area contributed by atoms with Crippen LogP contribution in [0, 0.1) is 0 Å². The highest BCUT2D eigenvalue weighted by Gasteiger charge is 2.23. The normalized spacial score (nSPS) is 14.2. The molecule has 3 aromatic carbocycles. The summed E-state index contributed by atoms with van der Waals surface area (Å²) in [6, 6.07) is 18.0. The third kappa shape index (κ3) is 4.97. The lowest BCUT2D eigenvalue weighted by Gasteiger charge is -2.25. The predicted octanol–water partition coefficient (Wildman–Crippen LogP) is 7.14. The number of nitrogens with one attached hydrogen (secondary N) is 1. The number of fused-ring (bicyclic) bond motifs is 1. The van der Waals surface area contributed by atoms with Crippen LogP contribution in [0.1, 0.15) is 64.4 Å². The number of imidazole rings is 1. The van der Waals surface area contributed by atoms with Crippen molar-refractivity contribution in [1.82, 2.24) is 14.9 Å². The number of rotatable bonds is 6. The number of carbonyl (C=O) groups is 2. The van der Waals surface area contributed by atoms with Gasteiger partial charge in [-0.05, 0) is 60.9 Å².